The Morgan fingerprint density at radius 3 is 2.62 bits per heavy atom. The van der Waals surface area contributed by atoms with Crippen LogP contribution in [0.2, 0.25) is 5.02 Å². The van der Waals surface area contributed by atoms with Crippen LogP contribution in [-0.4, -0.2) is 0 Å². The summed E-state index contributed by atoms with van der Waals surface area (Å²) >= 11 is 6.13. The van der Waals surface area contributed by atoms with Crippen LogP contribution in [0.5, 0.6) is 0 Å². The fourth-order valence-corrected chi connectivity index (χ4v) is 1.71. The zero-order valence-corrected chi connectivity index (χ0v) is 8.93. The van der Waals surface area contributed by atoms with Crippen LogP contribution in [0.3, 0.4) is 0 Å². The maximum absolute atomic E-state index is 6.13. The van der Waals surface area contributed by atoms with Crippen molar-refractivity contribution in [2.24, 2.45) is 5.73 Å². The van der Waals surface area contributed by atoms with Crippen molar-refractivity contribution in [3.63, 3.8) is 0 Å². The average Bonchev–Trinajstić information content (AvgIpc) is 2.16. The minimum Gasteiger partial charge on any atom is -0.326 e. The lowest BCUT2D eigenvalue weighted by atomic mass is 9.97. The Balaban J connectivity index is 2.98. The van der Waals surface area contributed by atoms with Crippen LogP contribution in [0.25, 0.3) is 0 Å². The van der Waals surface area contributed by atoms with Gasteiger partial charge >= 0.3 is 0 Å². The van der Waals surface area contributed by atoms with E-state index in [9.17, 15) is 0 Å². The summed E-state index contributed by atoms with van der Waals surface area (Å²) in [6.07, 6.45) is 1.11. The van der Waals surface area contributed by atoms with Gasteiger partial charge in [-0.3, -0.25) is 0 Å². The molecule has 1 aromatic rings. The maximum Gasteiger partial charge on any atom is 0.0443 e. The number of nitrogens with two attached hydrogens (primary N) is 1. The fraction of sp³-hybridized carbons (Fsp3) is 0.455. The van der Waals surface area contributed by atoms with Crippen molar-refractivity contribution in [3.8, 4) is 0 Å². The van der Waals surface area contributed by atoms with Crippen molar-refractivity contribution >= 4 is 11.6 Å². The molecule has 0 saturated heterocycles. The van der Waals surface area contributed by atoms with Gasteiger partial charge in [-0.15, -0.1) is 0 Å². The molecule has 0 heterocycles. The summed E-state index contributed by atoms with van der Waals surface area (Å²) in [5, 5.41) is 0.845. The van der Waals surface area contributed by atoms with Crippen LogP contribution in [-0.2, 0) is 6.54 Å². The molecule has 1 aromatic carbocycles. The summed E-state index contributed by atoms with van der Waals surface area (Å²) in [5.74, 6) is 0.527. The molecule has 1 nitrogen and oxygen atoms in total. The van der Waals surface area contributed by atoms with E-state index in [4.69, 9.17) is 17.3 Å². The van der Waals surface area contributed by atoms with Crippen molar-refractivity contribution in [1.82, 2.24) is 0 Å². The van der Waals surface area contributed by atoms with Gasteiger partial charge in [-0.25, -0.2) is 0 Å². The molecule has 72 valence electrons. The van der Waals surface area contributed by atoms with E-state index in [0.717, 1.165) is 17.0 Å². The zero-order valence-electron chi connectivity index (χ0n) is 8.18. The minimum absolute atomic E-state index is 0.527. The summed E-state index contributed by atoms with van der Waals surface area (Å²) in [6.45, 7) is 4.90. The molecule has 0 bridgehead atoms. The summed E-state index contributed by atoms with van der Waals surface area (Å²) in [5.41, 5.74) is 7.84. The van der Waals surface area contributed by atoms with Gasteiger partial charge in [0.25, 0.3) is 0 Å². The van der Waals surface area contributed by atoms with E-state index in [1.165, 1.54) is 5.56 Å². The molecular weight excluding hydrogens is 182 g/mol. The van der Waals surface area contributed by atoms with Gasteiger partial charge in [0, 0.05) is 11.6 Å². The molecule has 0 aliphatic rings. The highest BCUT2D eigenvalue weighted by Crippen LogP contribution is 2.27. The fourth-order valence-electron chi connectivity index (χ4n) is 1.32. The van der Waals surface area contributed by atoms with Gasteiger partial charge in [0.15, 0.2) is 0 Å². The highest BCUT2D eigenvalue weighted by Gasteiger charge is 2.07. The van der Waals surface area contributed by atoms with Gasteiger partial charge in [-0.05, 0) is 29.5 Å². The molecule has 1 unspecified atom stereocenters. The molecule has 0 amide bonds. The van der Waals surface area contributed by atoms with E-state index in [2.05, 4.69) is 19.9 Å². The Morgan fingerprint density at radius 1 is 1.46 bits per heavy atom. The van der Waals surface area contributed by atoms with Crippen molar-refractivity contribution in [2.75, 3.05) is 0 Å². The highest BCUT2D eigenvalue weighted by molar-refractivity contribution is 6.31. The monoisotopic (exact) mass is 197 g/mol. The largest absolute Gasteiger partial charge is 0.326 e. The molecule has 0 radical (unpaired) electrons. The van der Waals surface area contributed by atoms with Crippen LogP contribution in [0, 0.1) is 0 Å². The van der Waals surface area contributed by atoms with Crippen molar-refractivity contribution in [1.29, 1.82) is 0 Å². The third kappa shape index (κ3) is 2.45. The zero-order chi connectivity index (χ0) is 9.84. The Kier molecular flexibility index (Phi) is 3.76. The summed E-state index contributed by atoms with van der Waals surface area (Å²) in [7, 11) is 0. The molecule has 2 N–H and O–H groups in total. The van der Waals surface area contributed by atoms with E-state index < -0.39 is 0 Å². The first-order chi connectivity index (χ1) is 6.19. The van der Waals surface area contributed by atoms with E-state index >= 15 is 0 Å². The topological polar surface area (TPSA) is 26.0 Å². The Labute approximate surface area is 84.9 Å². The van der Waals surface area contributed by atoms with E-state index in [1.807, 2.05) is 12.1 Å². The Bertz CT molecular complexity index is 283. The molecule has 0 aliphatic carbocycles. The molecule has 0 saturated carbocycles. The van der Waals surface area contributed by atoms with Crippen LogP contribution < -0.4 is 5.73 Å². The molecule has 1 rings (SSSR count). The number of hydrogen-bond donors (Lipinski definition) is 1. The lowest BCUT2D eigenvalue weighted by molar-refractivity contribution is 0.733. The molecule has 0 spiro atoms. The first-order valence-electron chi connectivity index (χ1n) is 4.67. The predicted octanol–water partition coefficient (Wildman–Crippen LogP) is 3.31. The average molecular weight is 198 g/mol. The number of halogens is 1. The molecule has 13 heavy (non-hydrogen) atoms. The van der Waals surface area contributed by atoms with Gasteiger partial charge < -0.3 is 5.73 Å². The Hall–Kier alpha value is -0.530. The number of rotatable bonds is 3. The molecule has 0 fully saturated rings. The van der Waals surface area contributed by atoms with Crippen molar-refractivity contribution in [3.05, 3.63) is 34.3 Å². The number of benzene rings is 1. The highest BCUT2D eigenvalue weighted by atomic mass is 35.5. The standard InChI is InChI=1S/C11H16ClN/c1-3-8(2)10-5-4-9(7-13)6-11(10)12/h4-6,8H,3,7,13H2,1-2H3. The lowest BCUT2D eigenvalue weighted by Gasteiger charge is -2.11. The summed E-state index contributed by atoms with van der Waals surface area (Å²) in [4.78, 5) is 0. The normalized spacial score (nSPS) is 12.9. The first kappa shape index (κ1) is 10.6. The van der Waals surface area contributed by atoms with Gasteiger partial charge in [-0.1, -0.05) is 37.6 Å². The van der Waals surface area contributed by atoms with Gasteiger partial charge in [0.1, 0.15) is 0 Å². The van der Waals surface area contributed by atoms with Gasteiger partial charge in [0.05, 0.1) is 0 Å². The lowest BCUT2D eigenvalue weighted by Crippen LogP contribution is -1.98. The SMILES string of the molecule is CCC(C)c1ccc(CN)cc1Cl. The van der Waals surface area contributed by atoms with Crippen LogP contribution in [0.1, 0.15) is 37.3 Å². The van der Waals surface area contributed by atoms with Crippen molar-refractivity contribution < 1.29 is 0 Å². The second-order valence-corrected chi connectivity index (χ2v) is 3.78. The quantitative estimate of drug-likeness (QED) is 0.791. The van der Waals surface area contributed by atoms with Crippen LogP contribution >= 0.6 is 11.6 Å². The van der Waals surface area contributed by atoms with E-state index in [-0.39, 0.29) is 0 Å². The van der Waals surface area contributed by atoms with Crippen molar-refractivity contribution in [2.45, 2.75) is 32.7 Å². The molecule has 0 aromatic heterocycles. The Morgan fingerprint density at radius 2 is 2.15 bits per heavy atom. The second-order valence-electron chi connectivity index (χ2n) is 3.37. The van der Waals surface area contributed by atoms with Crippen LogP contribution in [0.15, 0.2) is 18.2 Å². The predicted molar refractivity (Wildman–Crippen MR) is 58.0 cm³/mol. The third-order valence-electron chi connectivity index (χ3n) is 2.44. The smallest absolute Gasteiger partial charge is 0.0443 e. The second kappa shape index (κ2) is 4.64. The number of hydrogen-bond acceptors (Lipinski definition) is 1. The van der Waals surface area contributed by atoms with E-state index in [0.29, 0.717) is 12.5 Å². The molecule has 1 atom stereocenters. The minimum atomic E-state index is 0.527. The maximum atomic E-state index is 6.13. The van der Waals surface area contributed by atoms with Crippen LogP contribution in [0.4, 0.5) is 0 Å². The molecular formula is C11H16ClN. The van der Waals surface area contributed by atoms with E-state index in [1.54, 1.807) is 0 Å². The summed E-state index contributed by atoms with van der Waals surface area (Å²) in [6, 6.07) is 6.09. The molecule has 2 heteroatoms. The third-order valence-corrected chi connectivity index (χ3v) is 2.77. The first-order valence-corrected chi connectivity index (χ1v) is 5.05. The van der Waals surface area contributed by atoms with Gasteiger partial charge in [0.2, 0.25) is 0 Å². The molecule has 0 aliphatic heterocycles. The van der Waals surface area contributed by atoms with Gasteiger partial charge in [-0.2, -0.15) is 0 Å². The summed E-state index contributed by atoms with van der Waals surface area (Å²) < 4.78 is 0.